The van der Waals surface area contributed by atoms with Crippen LogP contribution >= 0.6 is 31.9 Å². The average Bonchev–Trinajstić information content (AvgIpc) is 2.25. The van der Waals surface area contributed by atoms with Crippen LogP contribution in [0, 0.1) is 0 Å². The van der Waals surface area contributed by atoms with E-state index >= 15 is 0 Å². The van der Waals surface area contributed by atoms with Gasteiger partial charge in [0, 0.05) is 16.7 Å². The Hall–Kier alpha value is -0.940. The topological polar surface area (TPSA) is 35.0 Å². The summed E-state index contributed by atoms with van der Waals surface area (Å²) in [5.41, 5.74) is 0. The summed E-state index contributed by atoms with van der Waals surface area (Å²) in [5.74, 6) is 1.17. The monoisotopic (exact) mass is 328 g/mol. The molecule has 0 N–H and O–H groups in total. The lowest BCUT2D eigenvalue weighted by Crippen LogP contribution is -1.89. The fraction of sp³-hybridized carbons (Fsp3) is 0. The van der Waals surface area contributed by atoms with E-state index in [1.807, 2.05) is 18.2 Å². The van der Waals surface area contributed by atoms with Gasteiger partial charge < -0.3 is 4.74 Å². The lowest BCUT2D eigenvalue weighted by Gasteiger charge is -2.05. The Morgan fingerprint density at radius 2 is 2.00 bits per heavy atom. The molecule has 0 amide bonds. The summed E-state index contributed by atoms with van der Waals surface area (Å²) in [7, 11) is 0. The molecule has 0 saturated carbocycles. The third-order valence-corrected chi connectivity index (χ3v) is 2.80. The second-order valence-corrected chi connectivity index (χ2v) is 4.51. The zero-order valence-electron chi connectivity index (χ0n) is 7.52. The third kappa shape index (κ3) is 2.76. The van der Waals surface area contributed by atoms with Crippen molar-refractivity contribution in [3.05, 3.63) is 45.5 Å². The molecule has 2 rings (SSSR count). The first kappa shape index (κ1) is 10.6. The van der Waals surface area contributed by atoms with Crippen molar-refractivity contribution in [3.8, 4) is 11.6 Å². The second kappa shape index (κ2) is 4.72. The molecule has 0 atom stereocenters. The molecule has 15 heavy (non-hydrogen) atoms. The molecule has 1 heterocycles. The molecule has 5 heteroatoms. The maximum absolute atomic E-state index is 5.54. The van der Waals surface area contributed by atoms with Crippen LogP contribution in [0.5, 0.6) is 11.6 Å². The quantitative estimate of drug-likeness (QED) is 0.840. The minimum absolute atomic E-state index is 0.469. The van der Waals surface area contributed by atoms with Gasteiger partial charge in [-0.2, -0.15) is 5.10 Å². The van der Waals surface area contributed by atoms with Crippen LogP contribution < -0.4 is 4.74 Å². The van der Waals surface area contributed by atoms with E-state index in [1.54, 1.807) is 18.3 Å². The lowest BCUT2D eigenvalue weighted by atomic mass is 10.3. The Kier molecular flexibility index (Phi) is 3.33. The van der Waals surface area contributed by atoms with Crippen molar-refractivity contribution >= 4 is 31.9 Å². The summed E-state index contributed by atoms with van der Waals surface area (Å²) in [4.78, 5) is 0. The van der Waals surface area contributed by atoms with Crippen LogP contribution in [0.15, 0.2) is 45.5 Å². The number of benzene rings is 1. The van der Waals surface area contributed by atoms with Gasteiger partial charge in [-0.05, 0) is 40.2 Å². The molecule has 0 fully saturated rings. The summed E-state index contributed by atoms with van der Waals surface area (Å²) in [5, 5.41) is 7.57. The van der Waals surface area contributed by atoms with Crippen molar-refractivity contribution in [2.75, 3.05) is 0 Å². The molecular formula is C10H6Br2N2O. The molecule has 76 valence electrons. The van der Waals surface area contributed by atoms with E-state index in [1.165, 1.54) is 0 Å². The van der Waals surface area contributed by atoms with E-state index < -0.39 is 0 Å². The number of rotatable bonds is 2. The minimum Gasteiger partial charge on any atom is -0.436 e. The highest BCUT2D eigenvalue weighted by Gasteiger charge is 2.03. The van der Waals surface area contributed by atoms with Crippen LogP contribution in [0.25, 0.3) is 0 Å². The van der Waals surface area contributed by atoms with Gasteiger partial charge in [0.05, 0.1) is 4.47 Å². The SMILES string of the molecule is Brc1ccc(Br)c(Oc2cccnn2)c1. The van der Waals surface area contributed by atoms with Crippen molar-refractivity contribution in [1.29, 1.82) is 0 Å². The third-order valence-electron chi connectivity index (χ3n) is 1.66. The highest BCUT2D eigenvalue weighted by molar-refractivity contribution is 9.11. The van der Waals surface area contributed by atoms with Crippen molar-refractivity contribution in [2.45, 2.75) is 0 Å². The highest BCUT2D eigenvalue weighted by Crippen LogP contribution is 2.31. The first-order chi connectivity index (χ1) is 7.25. The predicted molar refractivity (Wildman–Crippen MR) is 63.9 cm³/mol. The van der Waals surface area contributed by atoms with E-state index in [0.717, 1.165) is 8.95 Å². The van der Waals surface area contributed by atoms with Gasteiger partial charge in [-0.3, -0.25) is 0 Å². The Labute approximate surface area is 104 Å². The van der Waals surface area contributed by atoms with Gasteiger partial charge >= 0.3 is 0 Å². The number of aromatic nitrogens is 2. The number of halogens is 2. The molecule has 3 nitrogen and oxygen atoms in total. The predicted octanol–water partition coefficient (Wildman–Crippen LogP) is 3.79. The standard InChI is InChI=1S/C10H6Br2N2O/c11-7-3-4-8(12)9(6-7)15-10-2-1-5-13-14-10/h1-6H. The van der Waals surface area contributed by atoms with Crippen molar-refractivity contribution < 1.29 is 4.74 Å². The number of hydrogen-bond donors (Lipinski definition) is 0. The van der Waals surface area contributed by atoms with Crippen LogP contribution in [0.2, 0.25) is 0 Å². The summed E-state index contributed by atoms with van der Waals surface area (Å²) in [6.07, 6.45) is 1.60. The Balaban J connectivity index is 2.28. The Bertz CT molecular complexity index is 462. The van der Waals surface area contributed by atoms with Gasteiger partial charge in [0.2, 0.25) is 5.88 Å². The summed E-state index contributed by atoms with van der Waals surface area (Å²) >= 11 is 6.77. The van der Waals surface area contributed by atoms with Gasteiger partial charge in [-0.15, -0.1) is 5.10 Å². The zero-order chi connectivity index (χ0) is 10.7. The molecular weight excluding hydrogens is 324 g/mol. The van der Waals surface area contributed by atoms with E-state index in [-0.39, 0.29) is 0 Å². The summed E-state index contributed by atoms with van der Waals surface area (Å²) in [6, 6.07) is 9.21. The van der Waals surface area contributed by atoms with Gasteiger partial charge in [-0.1, -0.05) is 15.9 Å². The van der Waals surface area contributed by atoms with E-state index in [0.29, 0.717) is 11.6 Å². The smallest absolute Gasteiger partial charge is 0.238 e. The maximum Gasteiger partial charge on any atom is 0.238 e. The fourth-order valence-corrected chi connectivity index (χ4v) is 1.68. The van der Waals surface area contributed by atoms with Crippen LogP contribution in [-0.2, 0) is 0 Å². The average molecular weight is 330 g/mol. The van der Waals surface area contributed by atoms with Crippen LogP contribution in [0.1, 0.15) is 0 Å². The van der Waals surface area contributed by atoms with Crippen molar-refractivity contribution in [3.63, 3.8) is 0 Å². The molecule has 0 unspecified atom stereocenters. The lowest BCUT2D eigenvalue weighted by molar-refractivity contribution is 0.452. The molecule has 0 aliphatic carbocycles. The Morgan fingerprint density at radius 3 is 2.73 bits per heavy atom. The van der Waals surface area contributed by atoms with Gasteiger partial charge in [0.15, 0.2) is 0 Å². The molecule has 0 aliphatic heterocycles. The van der Waals surface area contributed by atoms with Crippen molar-refractivity contribution in [2.24, 2.45) is 0 Å². The molecule has 0 radical (unpaired) electrons. The molecule has 0 bridgehead atoms. The number of hydrogen-bond acceptors (Lipinski definition) is 3. The van der Waals surface area contributed by atoms with Crippen molar-refractivity contribution in [1.82, 2.24) is 10.2 Å². The minimum atomic E-state index is 0.469. The number of nitrogens with zero attached hydrogens (tertiary/aromatic N) is 2. The second-order valence-electron chi connectivity index (χ2n) is 2.74. The van der Waals surface area contributed by atoms with E-state index in [2.05, 4.69) is 42.1 Å². The van der Waals surface area contributed by atoms with E-state index in [9.17, 15) is 0 Å². The normalized spacial score (nSPS) is 10.0. The molecule has 2 aromatic rings. The molecule has 1 aromatic heterocycles. The molecule has 1 aromatic carbocycles. The fourth-order valence-electron chi connectivity index (χ4n) is 1.01. The van der Waals surface area contributed by atoms with Gasteiger partial charge in [0.25, 0.3) is 0 Å². The van der Waals surface area contributed by atoms with Crippen LogP contribution in [0.4, 0.5) is 0 Å². The first-order valence-electron chi connectivity index (χ1n) is 4.16. The Morgan fingerprint density at radius 1 is 1.13 bits per heavy atom. The van der Waals surface area contributed by atoms with Crippen LogP contribution in [-0.4, -0.2) is 10.2 Å². The van der Waals surface area contributed by atoms with Gasteiger partial charge in [-0.25, -0.2) is 0 Å². The summed E-state index contributed by atoms with van der Waals surface area (Å²) in [6.45, 7) is 0. The largest absolute Gasteiger partial charge is 0.436 e. The van der Waals surface area contributed by atoms with Gasteiger partial charge in [0.1, 0.15) is 5.75 Å². The number of ether oxygens (including phenoxy) is 1. The first-order valence-corrected chi connectivity index (χ1v) is 5.75. The maximum atomic E-state index is 5.54. The summed E-state index contributed by atoms with van der Waals surface area (Å²) < 4.78 is 7.36. The molecule has 0 saturated heterocycles. The highest BCUT2D eigenvalue weighted by atomic mass is 79.9. The molecule has 0 spiro atoms. The van der Waals surface area contributed by atoms with E-state index in [4.69, 9.17) is 4.74 Å². The van der Waals surface area contributed by atoms with Crippen LogP contribution in [0.3, 0.4) is 0 Å². The molecule has 0 aliphatic rings. The zero-order valence-corrected chi connectivity index (χ0v) is 10.7.